The Kier molecular flexibility index (Phi) is 3.80. The summed E-state index contributed by atoms with van der Waals surface area (Å²) in [4.78, 5) is 11.8. The predicted octanol–water partition coefficient (Wildman–Crippen LogP) is 2.43. The van der Waals surface area contributed by atoms with Gasteiger partial charge in [0.05, 0.1) is 18.6 Å². The molecule has 0 radical (unpaired) electrons. The van der Waals surface area contributed by atoms with Crippen molar-refractivity contribution in [3.63, 3.8) is 0 Å². The second kappa shape index (κ2) is 5.21. The lowest BCUT2D eigenvalue weighted by Crippen LogP contribution is -2.31. The minimum atomic E-state index is -0.519. The third kappa shape index (κ3) is 2.73. The fourth-order valence-corrected chi connectivity index (χ4v) is 2.32. The van der Waals surface area contributed by atoms with Crippen LogP contribution in [0.1, 0.15) is 38.3 Å². The lowest BCUT2D eigenvalue weighted by molar-refractivity contribution is -0.148. The third-order valence-corrected chi connectivity index (χ3v) is 3.59. The number of carbonyl (C=O) groups is 1. The van der Waals surface area contributed by atoms with Gasteiger partial charge in [-0.05, 0) is 44.4 Å². The van der Waals surface area contributed by atoms with Gasteiger partial charge >= 0.3 is 5.97 Å². The molecular weight excluding hydrogens is 242 g/mol. The summed E-state index contributed by atoms with van der Waals surface area (Å²) in [5.74, 6) is 0.608. The fourth-order valence-electron chi connectivity index (χ4n) is 2.32. The van der Waals surface area contributed by atoms with Gasteiger partial charge in [0.2, 0.25) is 0 Å². The molecule has 1 atom stereocenters. The van der Waals surface area contributed by atoms with Crippen LogP contribution in [0.3, 0.4) is 0 Å². The van der Waals surface area contributed by atoms with Crippen molar-refractivity contribution in [1.29, 1.82) is 0 Å². The zero-order chi connectivity index (χ0) is 14.0. The predicted molar refractivity (Wildman–Crippen MR) is 72.8 cm³/mol. The third-order valence-electron chi connectivity index (χ3n) is 3.59. The Bertz CT molecular complexity index is 449. The van der Waals surface area contributed by atoms with Crippen molar-refractivity contribution >= 4 is 5.97 Å². The summed E-state index contributed by atoms with van der Waals surface area (Å²) in [7, 11) is 1.41. The van der Waals surface area contributed by atoms with E-state index in [2.05, 4.69) is 0 Å². The first-order chi connectivity index (χ1) is 8.99. The summed E-state index contributed by atoms with van der Waals surface area (Å²) >= 11 is 0. The number of methoxy groups -OCH3 is 1. The zero-order valence-electron chi connectivity index (χ0n) is 11.7. The molecule has 0 aliphatic heterocycles. The van der Waals surface area contributed by atoms with Crippen LogP contribution in [-0.2, 0) is 9.53 Å². The number of hydrogen-bond acceptors (Lipinski definition) is 4. The lowest BCUT2D eigenvalue weighted by atomic mass is 9.91. The molecule has 0 aromatic heterocycles. The van der Waals surface area contributed by atoms with Crippen LogP contribution < -0.4 is 10.5 Å². The first kappa shape index (κ1) is 13.9. The molecule has 0 saturated heterocycles. The molecule has 1 aromatic carbocycles. The van der Waals surface area contributed by atoms with Gasteiger partial charge in [0, 0.05) is 6.04 Å². The molecule has 1 aliphatic rings. The maximum Gasteiger partial charge on any atom is 0.313 e. The molecule has 2 N–H and O–H groups in total. The minimum Gasteiger partial charge on any atom is -0.491 e. The highest BCUT2D eigenvalue weighted by atomic mass is 16.5. The van der Waals surface area contributed by atoms with Crippen LogP contribution >= 0.6 is 0 Å². The van der Waals surface area contributed by atoms with Gasteiger partial charge in [-0.25, -0.2) is 0 Å². The minimum absolute atomic E-state index is 0.143. The van der Waals surface area contributed by atoms with Crippen LogP contribution in [0.15, 0.2) is 24.3 Å². The van der Waals surface area contributed by atoms with Crippen LogP contribution in [-0.4, -0.2) is 19.2 Å². The van der Waals surface area contributed by atoms with Crippen molar-refractivity contribution in [2.24, 2.45) is 11.1 Å². The first-order valence-electron chi connectivity index (χ1n) is 6.60. The fraction of sp³-hybridized carbons (Fsp3) is 0.533. The Hall–Kier alpha value is -1.55. The van der Waals surface area contributed by atoms with Gasteiger partial charge in [0.15, 0.2) is 0 Å². The number of benzene rings is 1. The summed E-state index contributed by atoms with van der Waals surface area (Å²) in [6, 6.07) is 7.31. The second-order valence-corrected chi connectivity index (χ2v) is 5.36. The van der Waals surface area contributed by atoms with Gasteiger partial charge in [-0.15, -0.1) is 0 Å². The van der Waals surface area contributed by atoms with E-state index in [9.17, 15) is 4.79 Å². The van der Waals surface area contributed by atoms with E-state index in [-0.39, 0.29) is 18.1 Å². The van der Waals surface area contributed by atoms with Crippen LogP contribution in [0.25, 0.3) is 0 Å². The Labute approximate surface area is 113 Å². The molecule has 1 aromatic rings. The first-order valence-corrected chi connectivity index (χ1v) is 6.60. The zero-order valence-corrected chi connectivity index (χ0v) is 11.7. The Balaban J connectivity index is 2.12. The van der Waals surface area contributed by atoms with Crippen molar-refractivity contribution in [3.05, 3.63) is 29.8 Å². The molecule has 1 aliphatic carbocycles. The van der Waals surface area contributed by atoms with Crippen LogP contribution in [0.2, 0.25) is 0 Å². The van der Waals surface area contributed by atoms with E-state index in [0.717, 1.165) is 24.2 Å². The molecule has 4 heteroatoms. The highest BCUT2D eigenvalue weighted by molar-refractivity contribution is 5.81. The van der Waals surface area contributed by atoms with Crippen LogP contribution in [0.5, 0.6) is 5.75 Å². The normalized spacial score (nSPS) is 17.9. The molecule has 0 spiro atoms. The molecule has 19 heavy (non-hydrogen) atoms. The van der Waals surface area contributed by atoms with Gasteiger partial charge in [-0.2, -0.15) is 0 Å². The molecule has 4 nitrogen and oxygen atoms in total. The van der Waals surface area contributed by atoms with E-state index in [4.69, 9.17) is 15.2 Å². The molecule has 1 unspecified atom stereocenters. The number of ether oxygens (including phenoxy) is 2. The lowest BCUT2D eigenvalue weighted by Gasteiger charge is -2.21. The van der Waals surface area contributed by atoms with Crippen molar-refractivity contribution in [2.45, 2.75) is 38.8 Å². The maximum atomic E-state index is 11.8. The summed E-state index contributed by atoms with van der Waals surface area (Å²) < 4.78 is 10.4. The van der Waals surface area contributed by atoms with Crippen molar-refractivity contribution in [1.82, 2.24) is 0 Å². The number of hydrogen-bond donors (Lipinski definition) is 1. The van der Waals surface area contributed by atoms with Gasteiger partial charge in [0.25, 0.3) is 0 Å². The highest BCUT2D eigenvalue weighted by Crippen LogP contribution is 2.54. The SMILES string of the molecule is COC(=O)C1(C(N)c2ccc(OC(C)C)cc2)CC1. The van der Waals surface area contributed by atoms with E-state index in [1.807, 2.05) is 38.1 Å². The molecule has 1 saturated carbocycles. The molecule has 0 heterocycles. The van der Waals surface area contributed by atoms with E-state index in [1.54, 1.807) is 0 Å². The highest BCUT2D eigenvalue weighted by Gasteiger charge is 2.56. The largest absolute Gasteiger partial charge is 0.491 e. The summed E-state index contributed by atoms with van der Waals surface area (Å²) in [6.07, 6.45) is 1.74. The maximum absolute atomic E-state index is 11.8. The molecule has 104 valence electrons. The Morgan fingerprint density at radius 3 is 2.26 bits per heavy atom. The summed E-state index contributed by atoms with van der Waals surface area (Å²) in [5.41, 5.74) is 6.65. The van der Waals surface area contributed by atoms with Gasteiger partial charge in [0.1, 0.15) is 5.75 Å². The number of carbonyl (C=O) groups excluding carboxylic acids is 1. The van der Waals surface area contributed by atoms with E-state index >= 15 is 0 Å². The summed E-state index contributed by atoms with van der Waals surface area (Å²) in [6.45, 7) is 3.96. The topological polar surface area (TPSA) is 61.5 Å². The van der Waals surface area contributed by atoms with Gasteiger partial charge in [-0.3, -0.25) is 4.79 Å². The van der Waals surface area contributed by atoms with Crippen LogP contribution in [0.4, 0.5) is 0 Å². The van der Waals surface area contributed by atoms with Crippen LogP contribution in [0, 0.1) is 5.41 Å². The number of rotatable bonds is 5. The van der Waals surface area contributed by atoms with E-state index in [1.165, 1.54) is 7.11 Å². The summed E-state index contributed by atoms with van der Waals surface area (Å²) in [5, 5.41) is 0. The molecular formula is C15H21NO3. The van der Waals surface area contributed by atoms with Gasteiger partial charge in [-0.1, -0.05) is 12.1 Å². The van der Waals surface area contributed by atoms with Gasteiger partial charge < -0.3 is 15.2 Å². The molecule has 2 rings (SSSR count). The van der Waals surface area contributed by atoms with Crippen molar-refractivity contribution in [2.75, 3.05) is 7.11 Å². The Morgan fingerprint density at radius 2 is 1.84 bits per heavy atom. The number of esters is 1. The average molecular weight is 263 g/mol. The molecule has 0 amide bonds. The van der Waals surface area contributed by atoms with Crippen molar-refractivity contribution < 1.29 is 14.3 Å². The average Bonchev–Trinajstić information content (AvgIpc) is 3.18. The smallest absolute Gasteiger partial charge is 0.313 e. The van der Waals surface area contributed by atoms with E-state index < -0.39 is 5.41 Å². The second-order valence-electron chi connectivity index (χ2n) is 5.36. The quantitative estimate of drug-likeness (QED) is 0.829. The standard InChI is InChI=1S/C15H21NO3/c1-10(2)19-12-6-4-11(5-7-12)13(16)15(8-9-15)14(17)18-3/h4-7,10,13H,8-9,16H2,1-3H3. The number of nitrogens with two attached hydrogens (primary N) is 1. The van der Waals surface area contributed by atoms with Crippen molar-refractivity contribution in [3.8, 4) is 5.75 Å². The van der Waals surface area contributed by atoms with E-state index in [0.29, 0.717) is 0 Å². The molecule has 1 fully saturated rings. The Morgan fingerprint density at radius 1 is 1.26 bits per heavy atom. The monoisotopic (exact) mass is 263 g/mol. The molecule has 0 bridgehead atoms.